The number of hydrogen-bond donors (Lipinski definition) is 0. The van der Waals surface area contributed by atoms with Gasteiger partial charge in [-0.05, 0) is 48.6 Å². The molecule has 4 heterocycles. The van der Waals surface area contributed by atoms with Crippen LogP contribution in [0.15, 0.2) is 53.5 Å². The van der Waals surface area contributed by atoms with E-state index in [9.17, 15) is 9.59 Å². The molecule has 3 aliphatic rings. The summed E-state index contributed by atoms with van der Waals surface area (Å²) in [6, 6.07) is 14.4. The summed E-state index contributed by atoms with van der Waals surface area (Å²) in [5.41, 5.74) is 2.59. The van der Waals surface area contributed by atoms with Gasteiger partial charge in [0.1, 0.15) is 5.70 Å². The molecular weight excluding hydrogens is 418 g/mol. The number of carbonyl (C=O) groups excluding carboxylic acids is 2. The van der Waals surface area contributed by atoms with Crippen molar-refractivity contribution in [3.05, 3.63) is 64.0 Å². The molecule has 2 fully saturated rings. The number of thiophene rings is 1. The SMILES string of the molecule is CC1CCN(C2=C(c3cccs3)C(=O)N(C3CCN(Cc4ccccc4)CC3)C2=O)CC1. The largest absolute Gasteiger partial charge is 0.366 e. The fraction of sp³-hybridized carbons (Fsp3) is 0.462. The number of amides is 2. The minimum Gasteiger partial charge on any atom is -0.366 e. The molecule has 5 nitrogen and oxygen atoms in total. The lowest BCUT2D eigenvalue weighted by atomic mass is 9.98. The summed E-state index contributed by atoms with van der Waals surface area (Å²) in [5.74, 6) is 0.510. The van der Waals surface area contributed by atoms with Gasteiger partial charge in [0.2, 0.25) is 0 Å². The van der Waals surface area contributed by atoms with Gasteiger partial charge in [-0.2, -0.15) is 0 Å². The Labute approximate surface area is 194 Å². The molecule has 0 unspecified atom stereocenters. The second-order valence-corrected chi connectivity index (χ2v) is 10.3. The molecule has 0 aliphatic carbocycles. The molecule has 0 atom stereocenters. The molecule has 1 aromatic carbocycles. The zero-order valence-electron chi connectivity index (χ0n) is 18.7. The zero-order valence-corrected chi connectivity index (χ0v) is 19.5. The van der Waals surface area contributed by atoms with Gasteiger partial charge >= 0.3 is 0 Å². The number of benzene rings is 1. The van der Waals surface area contributed by atoms with E-state index in [2.05, 4.69) is 41.0 Å². The minimum atomic E-state index is -0.0902. The van der Waals surface area contributed by atoms with Gasteiger partial charge in [-0.25, -0.2) is 0 Å². The molecule has 0 radical (unpaired) electrons. The van der Waals surface area contributed by atoms with Crippen LogP contribution in [0, 0.1) is 5.92 Å². The topological polar surface area (TPSA) is 43.9 Å². The third-order valence-electron chi connectivity index (χ3n) is 7.13. The summed E-state index contributed by atoms with van der Waals surface area (Å²) in [6.07, 6.45) is 3.82. The van der Waals surface area contributed by atoms with Gasteiger partial charge in [0, 0.05) is 43.6 Å². The van der Waals surface area contributed by atoms with Gasteiger partial charge in [0.25, 0.3) is 11.8 Å². The van der Waals surface area contributed by atoms with Gasteiger partial charge in [0.15, 0.2) is 0 Å². The highest BCUT2D eigenvalue weighted by Crippen LogP contribution is 2.38. The fourth-order valence-corrected chi connectivity index (χ4v) is 5.98. The van der Waals surface area contributed by atoms with E-state index in [1.807, 2.05) is 23.6 Å². The Kier molecular flexibility index (Phi) is 6.15. The molecule has 168 valence electrons. The Morgan fingerprint density at radius 1 is 0.875 bits per heavy atom. The number of nitrogens with zero attached hydrogens (tertiary/aromatic N) is 3. The van der Waals surface area contributed by atoms with Crippen molar-refractivity contribution in [2.75, 3.05) is 26.2 Å². The molecule has 2 saturated heterocycles. The smallest absolute Gasteiger partial charge is 0.278 e. The first kappa shape index (κ1) is 21.4. The number of likely N-dealkylation sites (tertiary alicyclic amines) is 2. The highest BCUT2D eigenvalue weighted by Gasteiger charge is 2.46. The van der Waals surface area contributed by atoms with Crippen molar-refractivity contribution in [3.63, 3.8) is 0 Å². The lowest BCUT2D eigenvalue weighted by Gasteiger charge is -2.37. The van der Waals surface area contributed by atoms with E-state index in [0.717, 1.165) is 63.3 Å². The number of rotatable bonds is 5. The molecule has 3 aliphatic heterocycles. The Balaban J connectivity index is 1.33. The third-order valence-corrected chi connectivity index (χ3v) is 8.02. The van der Waals surface area contributed by atoms with Crippen molar-refractivity contribution < 1.29 is 9.59 Å². The summed E-state index contributed by atoms with van der Waals surface area (Å²) in [4.78, 5) is 34.4. The first-order valence-electron chi connectivity index (χ1n) is 11.8. The van der Waals surface area contributed by atoms with Crippen LogP contribution in [0.2, 0.25) is 0 Å². The normalized spacial score (nSPS) is 21.8. The first-order chi connectivity index (χ1) is 15.6. The molecular formula is C26H31N3O2S. The second-order valence-electron chi connectivity index (χ2n) is 9.34. The molecule has 2 aromatic rings. The van der Waals surface area contributed by atoms with Gasteiger partial charge in [-0.1, -0.05) is 43.3 Å². The molecule has 0 bridgehead atoms. The zero-order chi connectivity index (χ0) is 22.1. The van der Waals surface area contributed by atoms with Gasteiger partial charge in [-0.15, -0.1) is 11.3 Å². The standard InChI is InChI=1S/C26H31N3O2S/c1-19-9-15-28(16-10-19)24-23(22-8-5-17-32-22)25(30)29(26(24)31)21-11-13-27(14-12-21)18-20-6-3-2-4-7-20/h2-8,17,19,21H,9-16,18H2,1H3. The molecule has 6 heteroatoms. The van der Waals surface area contributed by atoms with Gasteiger partial charge in [-0.3, -0.25) is 19.4 Å². The van der Waals surface area contributed by atoms with Crippen LogP contribution in [0.1, 0.15) is 43.0 Å². The lowest BCUT2D eigenvalue weighted by molar-refractivity contribution is -0.141. The summed E-state index contributed by atoms with van der Waals surface area (Å²) < 4.78 is 0. The first-order valence-corrected chi connectivity index (χ1v) is 12.7. The predicted molar refractivity (Wildman–Crippen MR) is 128 cm³/mol. The van der Waals surface area contributed by atoms with Crippen LogP contribution in [0.5, 0.6) is 0 Å². The van der Waals surface area contributed by atoms with Crippen molar-refractivity contribution in [3.8, 4) is 0 Å². The second kappa shape index (κ2) is 9.20. The van der Waals surface area contributed by atoms with Crippen molar-refractivity contribution in [2.45, 2.75) is 45.2 Å². The molecule has 0 spiro atoms. The van der Waals surface area contributed by atoms with Crippen molar-refractivity contribution in [1.82, 2.24) is 14.7 Å². The van der Waals surface area contributed by atoms with Crippen molar-refractivity contribution in [2.24, 2.45) is 5.92 Å². The van der Waals surface area contributed by atoms with Crippen LogP contribution in [-0.4, -0.2) is 58.7 Å². The van der Waals surface area contributed by atoms with E-state index in [-0.39, 0.29) is 17.9 Å². The number of hydrogen-bond acceptors (Lipinski definition) is 5. The van der Waals surface area contributed by atoms with Crippen LogP contribution in [0.4, 0.5) is 0 Å². The van der Waals surface area contributed by atoms with E-state index in [0.29, 0.717) is 17.2 Å². The number of carbonyl (C=O) groups is 2. The lowest BCUT2D eigenvalue weighted by Crippen LogP contribution is -2.48. The summed E-state index contributed by atoms with van der Waals surface area (Å²) in [5, 5.41) is 1.99. The van der Waals surface area contributed by atoms with Crippen molar-refractivity contribution >= 4 is 28.7 Å². The van der Waals surface area contributed by atoms with Crippen LogP contribution in [-0.2, 0) is 16.1 Å². The van der Waals surface area contributed by atoms with E-state index in [1.165, 1.54) is 5.56 Å². The summed E-state index contributed by atoms with van der Waals surface area (Å²) in [7, 11) is 0. The van der Waals surface area contributed by atoms with E-state index < -0.39 is 0 Å². The van der Waals surface area contributed by atoms with Crippen molar-refractivity contribution in [1.29, 1.82) is 0 Å². The molecule has 0 N–H and O–H groups in total. The maximum Gasteiger partial charge on any atom is 0.278 e. The van der Waals surface area contributed by atoms with Gasteiger partial charge in [0.05, 0.1) is 5.57 Å². The van der Waals surface area contributed by atoms with Crippen LogP contribution in [0.25, 0.3) is 5.57 Å². The third kappa shape index (κ3) is 4.14. The number of piperidine rings is 2. The molecule has 32 heavy (non-hydrogen) atoms. The Morgan fingerprint density at radius 3 is 2.25 bits per heavy atom. The molecule has 0 saturated carbocycles. The number of imide groups is 1. The molecule has 1 aromatic heterocycles. The maximum absolute atomic E-state index is 13.7. The molecule has 2 amide bonds. The molecule has 5 rings (SSSR count). The Bertz CT molecular complexity index is 985. The van der Waals surface area contributed by atoms with Crippen LogP contribution in [0.3, 0.4) is 0 Å². The van der Waals surface area contributed by atoms with E-state index in [4.69, 9.17) is 0 Å². The average molecular weight is 450 g/mol. The average Bonchev–Trinajstić information content (AvgIpc) is 3.42. The maximum atomic E-state index is 13.7. The summed E-state index contributed by atoms with van der Waals surface area (Å²) >= 11 is 1.55. The monoisotopic (exact) mass is 449 g/mol. The van der Waals surface area contributed by atoms with E-state index >= 15 is 0 Å². The highest BCUT2D eigenvalue weighted by atomic mass is 32.1. The van der Waals surface area contributed by atoms with Crippen LogP contribution >= 0.6 is 11.3 Å². The highest BCUT2D eigenvalue weighted by molar-refractivity contribution is 7.11. The minimum absolute atomic E-state index is 0.0156. The van der Waals surface area contributed by atoms with Crippen LogP contribution < -0.4 is 0 Å². The predicted octanol–water partition coefficient (Wildman–Crippen LogP) is 4.22. The Morgan fingerprint density at radius 2 is 1.59 bits per heavy atom. The summed E-state index contributed by atoms with van der Waals surface area (Å²) in [6.45, 7) is 6.71. The van der Waals surface area contributed by atoms with E-state index in [1.54, 1.807) is 16.2 Å². The van der Waals surface area contributed by atoms with Gasteiger partial charge < -0.3 is 4.90 Å². The quantitative estimate of drug-likeness (QED) is 0.641. The fourth-order valence-electron chi connectivity index (χ4n) is 5.21. The Hall–Kier alpha value is -2.44.